The molecule has 1 aliphatic rings. The Kier molecular flexibility index (Phi) is 5.63. The van der Waals surface area contributed by atoms with Gasteiger partial charge in [-0.3, -0.25) is 4.90 Å². The summed E-state index contributed by atoms with van der Waals surface area (Å²) in [6.45, 7) is 8.21. The van der Waals surface area contributed by atoms with Gasteiger partial charge in [-0.05, 0) is 24.6 Å². The molecule has 2 rings (SSSR count). The zero-order valence-electron chi connectivity index (χ0n) is 10.9. The second-order valence-corrected chi connectivity index (χ2v) is 5.60. The monoisotopic (exact) mass is 312 g/mol. The van der Waals surface area contributed by atoms with Gasteiger partial charge in [-0.2, -0.15) is 0 Å². The molecule has 0 amide bonds. The molecule has 100 valence electrons. The van der Waals surface area contributed by atoms with Crippen LogP contribution >= 0.6 is 15.9 Å². The third kappa shape index (κ3) is 4.35. The van der Waals surface area contributed by atoms with E-state index in [1.165, 1.54) is 5.56 Å². The van der Waals surface area contributed by atoms with Gasteiger partial charge in [0.2, 0.25) is 0 Å². The Morgan fingerprint density at radius 3 is 2.89 bits per heavy atom. The smallest absolute Gasteiger partial charge is 0.0594 e. The van der Waals surface area contributed by atoms with Crippen molar-refractivity contribution in [2.24, 2.45) is 0 Å². The summed E-state index contributed by atoms with van der Waals surface area (Å²) in [5, 5.41) is 3.57. The molecule has 0 saturated carbocycles. The summed E-state index contributed by atoms with van der Waals surface area (Å²) in [5.74, 6) is 0. The summed E-state index contributed by atoms with van der Waals surface area (Å²) in [7, 11) is 0. The molecular formula is C14H21BrN2O. The zero-order chi connectivity index (χ0) is 12.8. The molecule has 0 aromatic heterocycles. The number of rotatable bonds is 5. The molecule has 1 fully saturated rings. The normalized spacial score (nSPS) is 18.8. The summed E-state index contributed by atoms with van der Waals surface area (Å²) in [6.07, 6.45) is 0. The molecule has 1 aliphatic heterocycles. The maximum atomic E-state index is 5.34. The molecule has 4 heteroatoms. The van der Waals surface area contributed by atoms with Crippen LogP contribution < -0.4 is 5.32 Å². The first kappa shape index (κ1) is 14.0. The Morgan fingerprint density at radius 1 is 1.39 bits per heavy atom. The minimum atomic E-state index is 0.392. The van der Waals surface area contributed by atoms with Crippen molar-refractivity contribution >= 4 is 15.9 Å². The maximum Gasteiger partial charge on any atom is 0.0594 e. The van der Waals surface area contributed by atoms with Crippen LogP contribution in [-0.2, 0) is 4.74 Å². The van der Waals surface area contributed by atoms with Gasteiger partial charge >= 0.3 is 0 Å². The van der Waals surface area contributed by atoms with E-state index in [2.05, 4.69) is 57.3 Å². The highest BCUT2D eigenvalue weighted by Crippen LogP contribution is 2.17. The lowest BCUT2D eigenvalue weighted by Crippen LogP contribution is -2.40. The number of hydrogen-bond donors (Lipinski definition) is 1. The third-order valence-corrected chi connectivity index (χ3v) is 3.82. The van der Waals surface area contributed by atoms with Gasteiger partial charge in [0, 0.05) is 36.7 Å². The zero-order valence-corrected chi connectivity index (χ0v) is 12.4. The van der Waals surface area contributed by atoms with Crippen molar-refractivity contribution in [3.05, 3.63) is 34.3 Å². The van der Waals surface area contributed by atoms with Gasteiger partial charge in [0.15, 0.2) is 0 Å². The van der Waals surface area contributed by atoms with E-state index in [-0.39, 0.29) is 0 Å². The lowest BCUT2D eigenvalue weighted by atomic mass is 10.1. The highest BCUT2D eigenvalue weighted by molar-refractivity contribution is 9.10. The predicted molar refractivity (Wildman–Crippen MR) is 77.8 cm³/mol. The molecule has 0 bridgehead atoms. The van der Waals surface area contributed by atoms with Gasteiger partial charge in [0.25, 0.3) is 0 Å². The standard InChI is InChI=1S/C14H21BrN2O/c1-12(13-3-2-4-14(15)11-13)16-5-6-17-7-9-18-10-8-17/h2-4,11-12,16H,5-10H2,1H3/t12-/m1/s1. The number of nitrogens with zero attached hydrogens (tertiary/aromatic N) is 1. The van der Waals surface area contributed by atoms with Crippen LogP contribution in [0.3, 0.4) is 0 Å². The van der Waals surface area contributed by atoms with E-state index in [4.69, 9.17) is 4.74 Å². The minimum absolute atomic E-state index is 0.392. The van der Waals surface area contributed by atoms with Crippen LogP contribution in [0.2, 0.25) is 0 Å². The van der Waals surface area contributed by atoms with Crippen LogP contribution in [0.5, 0.6) is 0 Å². The molecule has 0 spiro atoms. The molecule has 1 atom stereocenters. The number of benzene rings is 1. The van der Waals surface area contributed by atoms with Crippen molar-refractivity contribution in [3.8, 4) is 0 Å². The number of ether oxygens (including phenoxy) is 1. The van der Waals surface area contributed by atoms with Gasteiger partial charge in [-0.1, -0.05) is 28.1 Å². The third-order valence-electron chi connectivity index (χ3n) is 3.33. The van der Waals surface area contributed by atoms with Crippen LogP contribution in [0.15, 0.2) is 28.7 Å². The molecule has 1 saturated heterocycles. The Labute approximate surface area is 118 Å². The Morgan fingerprint density at radius 2 is 2.17 bits per heavy atom. The van der Waals surface area contributed by atoms with Crippen LogP contribution in [0.4, 0.5) is 0 Å². The quantitative estimate of drug-likeness (QED) is 0.903. The first-order chi connectivity index (χ1) is 8.75. The van der Waals surface area contributed by atoms with Crippen molar-refractivity contribution < 1.29 is 4.74 Å². The molecule has 0 radical (unpaired) electrons. The first-order valence-electron chi connectivity index (χ1n) is 6.54. The van der Waals surface area contributed by atoms with E-state index in [1.54, 1.807) is 0 Å². The fourth-order valence-electron chi connectivity index (χ4n) is 2.16. The van der Waals surface area contributed by atoms with Crippen LogP contribution in [-0.4, -0.2) is 44.3 Å². The lowest BCUT2D eigenvalue weighted by Gasteiger charge is -2.27. The average Bonchev–Trinajstić information content (AvgIpc) is 2.40. The molecule has 0 unspecified atom stereocenters. The van der Waals surface area contributed by atoms with E-state index in [9.17, 15) is 0 Å². The number of nitrogens with one attached hydrogen (secondary N) is 1. The highest BCUT2D eigenvalue weighted by atomic mass is 79.9. The van der Waals surface area contributed by atoms with E-state index in [0.29, 0.717) is 6.04 Å². The predicted octanol–water partition coefficient (Wildman–Crippen LogP) is 2.43. The molecule has 1 heterocycles. The van der Waals surface area contributed by atoms with Crippen molar-refractivity contribution in [2.75, 3.05) is 39.4 Å². The van der Waals surface area contributed by atoms with E-state index < -0.39 is 0 Å². The van der Waals surface area contributed by atoms with E-state index >= 15 is 0 Å². The largest absolute Gasteiger partial charge is 0.379 e. The second-order valence-electron chi connectivity index (χ2n) is 4.68. The molecule has 0 aliphatic carbocycles. The minimum Gasteiger partial charge on any atom is -0.379 e. The van der Waals surface area contributed by atoms with Crippen LogP contribution in [0.1, 0.15) is 18.5 Å². The van der Waals surface area contributed by atoms with Gasteiger partial charge in [0.1, 0.15) is 0 Å². The van der Waals surface area contributed by atoms with Crippen LogP contribution in [0.25, 0.3) is 0 Å². The summed E-state index contributed by atoms with van der Waals surface area (Å²) < 4.78 is 6.48. The highest BCUT2D eigenvalue weighted by Gasteiger charge is 2.10. The van der Waals surface area contributed by atoms with E-state index in [0.717, 1.165) is 43.9 Å². The Bertz CT molecular complexity index is 367. The summed E-state index contributed by atoms with van der Waals surface area (Å²) in [6, 6.07) is 8.87. The molecule has 1 aromatic rings. The summed E-state index contributed by atoms with van der Waals surface area (Å²) in [4.78, 5) is 2.45. The van der Waals surface area contributed by atoms with E-state index in [1.807, 2.05) is 0 Å². The summed E-state index contributed by atoms with van der Waals surface area (Å²) >= 11 is 3.51. The van der Waals surface area contributed by atoms with Gasteiger partial charge < -0.3 is 10.1 Å². The second kappa shape index (κ2) is 7.24. The van der Waals surface area contributed by atoms with Crippen molar-refractivity contribution in [1.29, 1.82) is 0 Å². The number of hydrogen-bond acceptors (Lipinski definition) is 3. The molecule has 18 heavy (non-hydrogen) atoms. The van der Waals surface area contributed by atoms with Crippen molar-refractivity contribution in [2.45, 2.75) is 13.0 Å². The topological polar surface area (TPSA) is 24.5 Å². The Hall–Kier alpha value is -0.420. The molecule has 1 aromatic carbocycles. The van der Waals surface area contributed by atoms with Gasteiger partial charge in [0.05, 0.1) is 13.2 Å². The SMILES string of the molecule is C[C@@H](NCCN1CCOCC1)c1cccc(Br)c1. The number of halogens is 1. The maximum absolute atomic E-state index is 5.34. The fraction of sp³-hybridized carbons (Fsp3) is 0.571. The summed E-state index contributed by atoms with van der Waals surface area (Å²) in [5.41, 5.74) is 1.33. The fourth-order valence-corrected chi connectivity index (χ4v) is 2.57. The van der Waals surface area contributed by atoms with Crippen molar-refractivity contribution in [3.63, 3.8) is 0 Å². The number of morpholine rings is 1. The Balaban J connectivity index is 1.72. The van der Waals surface area contributed by atoms with Gasteiger partial charge in [-0.25, -0.2) is 0 Å². The van der Waals surface area contributed by atoms with Gasteiger partial charge in [-0.15, -0.1) is 0 Å². The molecule has 1 N–H and O–H groups in total. The molecule has 3 nitrogen and oxygen atoms in total. The first-order valence-corrected chi connectivity index (χ1v) is 7.34. The van der Waals surface area contributed by atoms with Crippen LogP contribution in [0, 0.1) is 0 Å². The lowest BCUT2D eigenvalue weighted by molar-refractivity contribution is 0.0382. The average molecular weight is 313 g/mol. The molecular weight excluding hydrogens is 292 g/mol. The van der Waals surface area contributed by atoms with Crippen molar-refractivity contribution in [1.82, 2.24) is 10.2 Å².